The van der Waals surface area contributed by atoms with Crippen LogP contribution >= 0.6 is 0 Å². The molecule has 0 unspecified atom stereocenters. The van der Waals surface area contributed by atoms with Crippen molar-refractivity contribution in [3.8, 4) is 0 Å². The largest absolute Gasteiger partial charge is 0.339 e. The standard InChI is InChI=1S/C11H13FN2O/c12-9-3-1-2-8(4-9)5-11(15)14-6-10(13)7-14/h1-4,10H,5-7,13H2. The second-order valence-corrected chi connectivity index (χ2v) is 3.87. The molecule has 0 aliphatic carbocycles. The highest BCUT2D eigenvalue weighted by molar-refractivity contribution is 5.79. The maximum atomic E-state index is 12.8. The predicted molar refractivity (Wildman–Crippen MR) is 54.7 cm³/mol. The first kappa shape index (κ1) is 10.1. The van der Waals surface area contributed by atoms with Crippen LogP contribution in [0, 0.1) is 5.82 Å². The maximum absolute atomic E-state index is 12.8. The van der Waals surface area contributed by atoms with Crippen LogP contribution in [-0.4, -0.2) is 29.9 Å². The van der Waals surface area contributed by atoms with E-state index in [1.165, 1.54) is 12.1 Å². The third-order valence-electron chi connectivity index (χ3n) is 2.51. The van der Waals surface area contributed by atoms with Gasteiger partial charge in [-0.25, -0.2) is 4.39 Å². The molecule has 0 radical (unpaired) electrons. The Hall–Kier alpha value is -1.42. The molecule has 3 nitrogen and oxygen atoms in total. The zero-order valence-corrected chi connectivity index (χ0v) is 8.32. The Kier molecular flexibility index (Phi) is 2.68. The average Bonchev–Trinajstić information content (AvgIpc) is 2.13. The second kappa shape index (κ2) is 3.98. The van der Waals surface area contributed by atoms with Crippen molar-refractivity contribution in [3.05, 3.63) is 35.6 Å². The van der Waals surface area contributed by atoms with Crippen molar-refractivity contribution in [1.29, 1.82) is 0 Å². The summed E-state index contributed by atoms with van der Waals surface area (Å²) < 4.78 is 12.8. The van der Waals surface area contributed by atoms with Gasteiger partial charge in [0.05, 0.1) is 6.42 Å². The van der Waals surface area contributed by atoms with Crippen LogP contribution in [0.15, 0.2) is 24.3 Å². The number of carbonyl (C=O) groups is 1. The zero-order valence-electron chi connectivity index (χ0n) is 8.32. The van der Waals surface area contributed by atoms with Gasteiger partial charge in [0.1, 0.15) is 5.82 Å². The summed E-state index contributed by atoms with van der Waals surface area (Å²) in [7, 11) is 0. The molecule has 0 saturated carbocycles. The van der Waals surface area contributed by atoms with E-state index in [-0.39, 0.29) is 24.2 Å². The molecular weight excluding hydrogens is 195 g/mol. The summed E-state index contributed by atoms with van der Waals surface area (Å²) in [6.07, 6.45) is 0.254. The minimum atomic E-state index is -0.305. The number of hydrogen-bond acceptors (Lipinski definition) is 2. The van der Waals surface area contributed by atoms with E-state index in [1.807, 2.05) is 0 Å². The highest BCUT2D eigenvalue weighted by Gasteiger charge is 2.27. The fourth-order valence-electron chi connectivity index (χ4n) is 1.65. The molecule has 2 rings (SSSR count). The van der Waals surface area contributed by atoms with Crippen molar-refractivity contribution in [3.63, 3.8) is 0 Å². The molecule has 4 heteroatoms. The Bertz CT molecular complexity index is 375. The topological polar surface area (TPSA) is 46.3 Å². The SMILES string of the molecule is NC1CN(C(=O)Cc2cccc(F)c2)C1. The smallest absolute Gasteiger partial charge is 0.227 e. The van der Waals surface area contributed by atoms with E-state index in [1.54, 1.807) is 17.0 Å². The monoisotopic (exact) mass is 208 g/mol. The molecule has 0 atom stereocenters. The number of likely N-dealkylation sites (tertiary alicyclic amines) is 1. The van der Waals surface area contributed by atoms with E-state index in [0.29, 0.717) is 18.7 Å². The molecule has 80 valence electrons. The lowest BCUT2D eigenvalue weighted by Crippen LogP contribution is -2.58. The Balaban J connectivity index is 1.94. The van der Waals surface area contributed by atoms with Crippen molar-refractivity contribution >= 4 is 5.91 Å². The summed E-state index contributed by atoms with van der Waals surface area (Å²) >= 11 is 0. The molecule has 1 aromatic carbocycles. The Morgan fingerprint density at radius 1 is 1.53 bits per heavy atom. The fraction of sp³-hybridized carbons (Fsp3) is 0.364. The molecular formula is C11H13FN2O. The van der Waals surface area contributed by atoms with Crippen molar-refractivity contribution in [2.75, 3.05) is 13.1 Å². The Morgan fingerprint density at radius 2 is 2.27 bits per heavy atom. The molecule has 1 aliphatic rings. The van der Waals surface area contributed by atoms with Gasteiger partial charge in [0, 0.05) is 19.1 Å². The van der Waals surface area contributed by atoms with Gasteiger partial charge in [0.2, 0.25) is 5.91 Å². The number of amides is 1. The van der Waals surface area contributed by atoms with Gasteiger partial charge in [0.15, 0.2) is 0 Å². The third kappa shape index (κ3) is 2.33. The molecule has 1 saturated heterocycles. The molecule has 1 fully saturated rings. The van der Waals surface area contributed by atoms with Crippen molar-refractivity contribution in [1.82, 2.24) is 4.90 Å². The van der Waals surface area contributed by atoms with Gasteiger partial charge in [-0.3, -0.25) is 4.79 Å². The van der Waals surface area contributed by atoms with Crippen LogP contribution in [0.1, 0.15) is 5.56 Å². The quantitative estimate of drug-likeness (QED) is 0.771. The molecule has 1 heterocycles. The average molecular weight is 208 g/mol. The van der Waals surface area contributed by atoms with E-state index in [0.717, 1.165) is 0 Å². The molecule has 0 aromatic heterocycles. The predicted octanol–water partition coefficient (Wildman–Crippen LogP) is 0.538. The summed E-state index contributed by atoms with van der Waals surface area (Å²) in [6.45, 7) is 1.24. The summed E-state index contributed by atoms with van der Waals surface area (Å²) in [5.41, 5.74) is 6.28. The molecule has 0 bridgehead atoms. The van der Waals surface area contributed by atoms with Crippen molar-refractivity contribution < 1.29 is 9.18 Å². The van der Waals surface area contributed by atoms with Crippen molar-refractivity contribution in [2.24, 2.45) is 5.73 Å². The lowest BCUT2D eigenvalue weighted by atomic mass is 10.1. The van der Waals surface area contributed by atoms with Crippen LogP contribution in [0.3, 0.4) is 0 Å². The molecule has 15 heavy (non-hydrogen) atoms. The number of nitrogens with two attached hydrogens (primary N) is 1. The fourth-order valence-corrected chi connectivity index (χ4v) is 1.65. The summed E-state index contributed by atoms with van der Waals surface area (Å²) in [5, 5.41) is 0. The van der Waals surface area contributed by atoms with Gasteiger partial charge in [-0.2, -0.15) is 0 Å². The normalized spacial score (nSPS) is 16.3. The Morgan fingerprint density at radius 3 is 2.87 bits per heavy atom. The van der Waals surface area contributed by atoms with Crippen molar-refractivity contribution in [2.45, 2.75) is 12.5 Å². The number of nitrogens with zero attached hydrogens (tertiary/aromatic N) is 1. The molecule has 1 aromatic rings. The minimum absolute atomic E-state index is 0.0160. The lowest BCUT2D eigenvalue weighted by molar-refractivity contribution is -0.134. The van der Waals surface area contributed by atoms with Gasteiger partial charge in [-0.1, -0.05) is 12.1 Å². The first-order valence-corrected chi connectivity index (χ1v) is 4.93. The van der Waals surface area contributed by atoms with Crippen LogP contribution in [0.25, 0.3) is 0 Å². The van der Waals surface area contributed by atoms with Crippen LogP contribution in [-0.2, 0) is 11.2 Å². The highest BCUT2D eigenvalue weighted by Crippen LogP contribution is 2.10. The van der Waals surface area contributed by atoms with Gasteiger partial charge < -0.3 is 10.6 Å². The number of hydrogen-bond donors (Lipinski definition) is 1. The van der Waals surface area contributed by atoms with Crippen LogP contribution < -0.4 is 5.73 Å². The molecule has 0 spiro atoms. The second-order valence-electron chi connectivity index (χ2n) is 3.87. The minimum Gasteiger partial charge on any atom is -0.339 e. The maximum Gasteiger partial charge on any atom is 0.227 e. The molecule has 1 amide bonds. The summed E-state index contributed by atoms with van der Waals surface area (Å²) in [6, 6.07) is 6.23. The lowest BCUT2D eigenvalue weighted by Gasteiger charge is -2.36. The number of halogens is 1. The number of rotatable bonds is 2. The summed E-state index contributed by atoms with van der Waals surface area (Å²) in [4.78, 5) is 13.3. The Labute approximate surface area is 87.7 Å². The van der Waals surface area contributed by atoms with Gasteiger partial charge >= 0.3 is 0 Å². The van der Waals surface area contributed by atoms with E-state index in [4.69, 9.17) is 5.73 Å². The first-order chi connectivity index (χ1) is 7.15. The third-order valence-corrected chi connectivity index (χ3v) is 2.51. The number of benzene rings is 1. The molecule has 1 aliphatic heterocycles. The van der Waals surface area contributed by atoms with Crippen LogP contribution in [0.4, 0.5) is 4.39 Å². The van der Waals surface area contributed by atoms with Crippen LogP contribution in [0.2, 0.25) is 0 Å². The zero-order chi connectivity index (χ0) is 10.8. The summed E-state index contributed by atoms with van der Waals surface area (Å²) in [5.74, 6) is -0.289. The van der Waals surface area contributed by atoms with E-state index in [9.17, 15) is 9.18 Å². The van der Waals surface area contributed by atoms with Gasteiger partial charge in [0.25, 0.3) is 0 Å². The van der Waals surface area contributed by atoms with Gasteiger partial charge in [-0.05, 0) is 17.7 Å². The van der Waals surface area contributed by atoms with Crippen LogP contribution in [0.5, 0.6) is 0 Å². The molecule has 2 N–H and O–H groups in total. The van der Waals surface area contributed by atoms with E-state index in [2.05, 4.69) is 0 Å². The van der Waals surface area contributed by atoms with Gasteiger partial charge in [-0.15, -0.1) is 0 Å². The number of carbonyl (C=O) groups excluding carboxylic acids is 1. The van der Waals surface area contributed by atoms with E-state index >= 15 is 0 Å². The van der Waals surface area contributed by atoms with E-state index < -0.39 is 0 Å². The first-order valence-electron chi connectivity index (χ1n) is 4.93. The highest BCUT2D eigenvalue weighted by atomic mass is 19.1.